The van der Waals surface area contributed by atoms with Gasteiger partial charge in [-0.25, -0.2) is 0 Å². The van der Waals surface area contributed by atoms with Crippen molar-refractivity contribution in [3.63, 3.8) is 0 Å². The highest BCUT2D eigenvalue weighted by atomic mass is 35.5. The van der Waals surface area contributed by atoms with E-state index in [9.17, 15) is 0 Å². The van der Waals surface area contributed by atoms with Gasteiger partial charge in [0.2, 0.25) is 0 Å². The first-order chi connectivity index (χ1) is 7.30. The van der Waals surface area contributed by atoms with Crippen LogP contribution in [0.2, 0.25) is 5.02 Å². The summed E-state index contributed by atoms with van der Waals surface area (Å²) >= 11 is 6.11. The topological polar surface area (TPSA) is 15.8 Å². The molecule has 2 aromatic rings. The Kier molecular flexibility index (Phi) is 2.54. The fourth-order valence-corrected chi connectivity index (χ4v) is 2.58. The lowest BCUT2D eigenvalue weighted by Gasteiger charge is -2.17. The molecule has 2 heteroatoms. The van der Waals surface area contributed by atoms with Gasteiger partial charge in [0.05, 0.1) is 0 Å². The smallest absolute Gasteiger partial charge is 0.0489 e. The van der Waals surface area contributed by atoms with Crippen LogP contribution in [0, 0.1) is 13.8 Å². The molecule has 86 valence electrons. The Labute approximate surface area is 102 Å². The first-order valence-corrected chi connectivity index (χ1v) is 5.97. The summed E-state index contributed by atoms with van der Waals surface area (Å²) in [5.41, 5.74) is 5.18. The molecule has 1 aromatic heterocycles. The van der Waals surface area contributed by atoms with Gasteiger partial charge >= 0.3 is 0 Å². The van der Waals surface area contributed by atoms with Crippen molar-refractivity contribution < 1.29 is 0 Å². The molecular weight excluding hydrogens is 218 g/mol. The lowest BCUT2D eigenvalue weighted by molar-refractivity contribution is 0.570. The second-order valence-corrected chi connectivity index (χ2v) is 5.96. The molecule has 1 nitrogen and oxygen atoms in total. The highest BCUT2D eigenvalue weighted by Gasteiger charge is 2.20. The van der Waals surface area contributed by atoms with Gasteiger partial charge in [0, 0.05) is 27.0 Å². The van der Waals surface area contributed by atoms with Gasteiger partial charge in [-0.2, -0.15) is 0 Å². The monoisotopic (exact) mass is 235 g/mol. The van der Waals surface area contributed by atoms with Crippen molar-refractivity contribution in [1.29, 1.82) is 0 Å². The van der Waals surface area contributed by atoms with Crippen LogP contribution in [0.3, 0.4) is 0 Å². The van der Waals surface area contributed by atoms with Gasteiger partial charge in [-0.1, -0.05) is 32.4 Å². The summed E-state index contributed by atoms with van der Waals surface area (Å²) in [7, 11) is 0. The lowest BCUT2D eigenvalue weighted by atomic mass is 9.89. The third-order valence-electron chi connectivity index (χ3n) is 3.08. The van der Waals surface area contributed by atoms with Gasteiger partial charge in [-0.3, -0.25) is 0 Å². The molecule has 0 aliphatic heterocycles. The number of benzene rings is 1. The summed E-state index contributed by atoms with van der Waals surface area (Å²) in [6.07, 6.45) is 0. The van der Waals surface area contributed by atoms with Crippen molar-refractivity contribution in [1.82, 2.24) is 4.98 Å². The molecule has 1 heterocycles. The van der Waals surface area contributed by atoms with Crippen LogP contribution in [0.15, 0.2) is 12.1 Å². The molecule has 2 rings (SSSR count). The number of rotatable bonds is 0. The zero-order chi connectivity index (χ0) is 12.1. The minimum atomic E-state index is 0.141. The largest absolute Gasteiger partial charge is 0.358 e. The maximum atomic E-state index is 6.11. The van der Waals surface area contributed by atoms with Crippen LogP contribution in [0.5, 0.6) is 0 Å². The van der Waals surface area contributed by atoms with Crippen LogP contribution in [0.25, 0.3) is 10.9 Å². The van der Waals surface area contributed by atoms with E-state index >= 15 is 0 Å². The van der Waals surface area contributed by atoms with Crippen LogP contribution in [-0.4, -0.2) is 4.98 Å². The van der Waals surface area contributed by atoms with Crippen LogP contribution < -0.4 is 0 Å². The van der Waals surface area contributed by atoms with Gasteiger partial charge in [0.15, 0.2) is 0 Å². The number of halogens is 1. The van der Waals surface area contributed by atoms with E-state index in [1.807, 2.05) is 12.1 Å². The molecular formula is C14H18ClN. The molecule has 0 aliphatic carbocycles. The van der Waals surface area contributed by atoms with Crippen LogP contribution in [-0.2, 0) is 5.41 Å². The van der Waals surface area contributed by atoms with Crippen molar-refractivity contribution in [3.8, 4) is 0 Å². The molecule has 0 spiro atoms. The quantitative estimate of drug-likeness (QED) is 0.679. The standard InChI is InChI=1S/C14H18ClN/c1-8-6-10(15)7-11-9(2)13(14(3,4)5)16-12(8)11/h6-7,16H,1-5H3. The average molecular weight is 236 g/mol. The van der Waals surface area contributed by atoms with E-state index in [0.29, 0.717) is 0 Å². The van der Waals surface area contributed by atoms with Crippen molar-refractivity contribution in [3.05, 3.63) is 34.0 Å². The van der Waals surface area contributed by atoms with E-state index < -0.39 is 0 Å². The van der Waals surface area contributed by atoms with Gasteiger partial charge < -0.3 is 4.98 Å². The molecule has 0 saturated heterocycles. The molecule has 1 aromatic carbocycles. The molecule has 0 fully saturated rings. The molecule has 0 saturated carbocycles. The Morgan fingerprint density at radius 2 is 1.75 bits per heavy atom. The van der Waals surface area contributed by atoms with E-state index in [1.54, 1.807) is 0 Å². The van der Waals surface area contributed by atoms with Gasteiger partial charge in [-0.15, -0.1) is 0 Å². The third-order valence-corrected chi connectivity index (χ3v) is 3.30. The Balaban J connectivity index is 2.83. The summed E-state index contributed by atoms with van der Waals surface area (Å²) in [5, 5.41) is 2.06. The van der Waals surface area contributed by atoms with Crippen LogP contribution >= 0.6 is 11.6 Å². The zero-order valence-electron chi connectivity index (χ0n) is 10.5. The molecule has 1 N–H and O–H groups in total. The third kappa shape index (κ3) is 1.73. The highest BCUT2D eigenvalue weighted by molar-refractivity contribution is 6.31. The van der Waals surface area contributed by atoms with Gasteiger partial charge in [0.25, 0.3) is 0 Å². The Hall–Kier alpha value is -0.950. The van der Waals surface area contributed by atoms with Crippen molar-refractivity contribution in [2.45, 2.75) is 40.0 Å². The first kappa shape index (κ1) is 11.5. The average Bonchev–Trinajstić information content (AvgIpc) is 2.43. The maximum absolute atomic E-state index is 6.11. The molecule has 0 unspecified atom stereocenters. The zero-order valence-corrected chi connectivity index (χ0v) is 11.3. The van der Waals surface area contributed by atoms with Crippen LogP contribution in [0.1, 0.15) is 37.6 Å². The Morgan fingerprint density at radius 3 is 2.31 bits per heavy atom. The molecule has 0 bridgehead atoms. The van der Waals surface area contributed by atoms with E-state index in [2.05, 4.69) is 39.6 Å². The summed E-state index contributed by atoms with van der Waals surface area (Å²) in [6.45, 7) is 10.9. The minimum Gasteiger partial charge on any atom is -0.358 e. The van der Waals surface area contributed by atoms with E-state index in [4.69, 9.17) is 11.6 Å². The summed E-state index contributed by atoms with van der Waals surface area (Å²) in [6, 6.07) is 4.05. The summed E-state index contributed by atoms with van der Waals surface area (Å²) < 4.78 is 0. The normalized spacial score (nSPS) is 12.4. The fourth-order valence-electron chi connectivity index (χ4n) is 2.31. The van der Waals surface area contributed by atoms with Gasteiger partial charge in [0.1, 0.15) is 0 Å². The Bertz CT molecular complexity index is 544. The van der Waals surface area contributed by atoms with E-state index in [-0.39, 0.29) is 5.41 Å². The Morgan fingerprint density at radius 1 is 1.12 bits per heavy atom. The molecule has 0 amide bonds. The van der Waals surface area contributed by atoms with Crippen molar-refractivity contribution in [2.75, 3.05) is 0 Å². The second-order valence-electron chi connectivity index (χ2n) is 5.52. The van der Waals surface area contributed by atoms with Crippen molar-refractivity contribution in [2.24, 2.45) is 0 Å². The number of aromatic amines is 1. The fraction of sp³-hybridized carbons (Fsp3) is 0.429. The number of hydrogen-bond acceptors (Lipinski definition) is 0. The number of hydrogen-bond donors (Lipinski definition) is 1. The number of nitrogens with one attached hydrogen (secondary N) is 1. The van der Waals surface area contributed by atoms with E-state index in [1.165, 1.54) is 27.7 Å². The second kappa shape index (κ2) is 3.53. The van der Waals surface area contributed by atoms with Crippen LogP contribution in [0.4, 0.5) is 0 Å². The molecule has 16 heavy (non-hydrogen) atoms. The highest BCUT2D eigenvalue weighted by Crippen LogP contribution is 2.33. The van der Waals surface area contributed by atoms with Gasteiger partial charge in [-0.05, 0) is 37.1 Å². The predicted molar refractivity (Wildman–Crippen MR) is 71.5 cm³/mol. The summed E-state index contributed by atoms with van der Waals surface area (Å²) in [5.74, 6) is 0. The van der Waals surface area contributed by atoms with E-state index in [0.717, 1.165) is 5.02 Å². The SMILES string of the molecule is Cc1c(C(C)(C)C)[nH]c2c(C)cc(Cl)cc12. The molecule has 0 atom stereocenters. The number of H-pyrrole nitrogens is 1. The molecule has 0 aliphatic rings. The number of aromatic nitrogens is 1. The predicted octanol–water partition coefficient (Wildman–Crippen LogP) is 4.74. The summed E-state index contributed by atoms with van der Waals surface area (Å²) in [4.78, 5) is 3.54. The minimum absolute atomic E-state index is 0.141. The lowest BCUT2D eigenvalue weighted by Crippen LogP contribution is -2.12. The number of aryl methyl sites for hydroxylation is 2. The first-order valence-electron chi connectivity index (χ1n) is 5.59. The number of fused-ring (bicyclic) bond motifs is 1. The molecule has 0 radical (unpaired) electrons. The maximum Gasteiger partial charge on any atom is 0.0489 e. The van der Waals surface area contributed by atoms with Crippen molar-refractivity contribution >= 4 is 22.5 Å².